The topological polar surface area (TPSA) is 15.3 Å². The van der Waals surface area contributed by atoms with Crippen molar-refractivity contribution in [3.63, 3.8) is 0 Å². The van der Waals surface area contributed by atoms with Crippen LogP contribution in [-0.4, -0.2) is 36.1 Å². The van der Waals surface area contributed by atoms with E-state index in [9.17, 15) is 0 Å². The quantitative estimate of drug-likeness (QED) is 0.641. The van der Waals surface area contributed by atoms with Crippen LogP contribution in [0, 0.1) is 11.8 Å². The van der Waals surface area contributed by atoms with Crippen molar-refractivity contribution in [2.24, 2.45) is 11.8 Å². The molecule has 0 saturated heterocycles. The molecule has 0 bridgehead atoms. The van der Waals surface area contributed by atoms with Crippen LogP contribution in [0.5, 0.6) is 0 Å². The predicted octanol–water partition coefficient (Wildman–Crippen LogP) is 4.16. The van der Waals surface area contributed by atoms with Crippen LogP contribution in [0.2, 0.25) is 0 Å². The smallest absolute Gasteiger partial charge is 0.0112 e. The van der Waals surface area contributed by atoms with Crippen LogP contribution < -0.4 is 5.32 Å². The molecule has 116 valence electrons. The van der Waals surface area contributed by atoms with Gasteiger partial charge >= 0.3 is 0 Å². The average Bonchev–Trinajstić information content (AvgIpc) is 2.20. The molecule has 0 heterocycles. The van der Waals surface area contributed by atoms with E-state index in [-0.39, 0.29) is 0 Å². The third kappa shape index (κ3) is 9.45. The number of nitrogens with zero attached hydrogens (tertiary/aromatic N) is 1. The summed E-state index contributed by atoms with van der Waals surface area (Å²) in [6.07, 6.45) is 2.59. The Bertz CT molecular complexity index is 191. The fourth-order valence-corrected chi connectivity index (χ4v) is 2.91. The first kappa shape index (κ1) is 18.9. The molecule has 2 nitrogen and oxygen atoms in total. The summed E-state index contributed by atoms with van der Waals surface area (Å²) in [4.78, 5) is 2.56. The third-order valence-electron chi connectivity index (χ3n) is 3.64. The Morgan fingerprint density at radius 2 is 1.16 bits per heavy atom. The summed E-state index contributed by atoms with van der Waals surface area (Å²) < 4.78 is 0. The highest BCUT2D eigenvalue weighted by Gasteiger charge is 2.15. The second-order valence-corrected chi connectivity index (χ2v) is 7.34. The summed E-state index contributed by atoms with van der Waals surface area (Å²) in [6.45, 7) is 20.7. The second-order valence-electron chi connectivity index (χ2n) is 7.34. The Kier molecular flexibility index (Phi) is 9.72. The van der Waals surface area contributed by atoms with Gasteiger partial charge in [-0.25, -0.2) is 0 Å². The van der Waals surface area contributed by atoms with E-state index in [4.69, 9.17) is 0 Å². The molecular weight excluding hydrogens is 232 g/mol. The molecule has 19 heavy (non-hydrogen) atoms. The van der Waals surface area contributed by atoms with Crippen molar-refractivity contribution in [3.8, 4) is 0 Å². The Labute approximate surface area is 122 Å². The average molecular weight is 271 g/mol. The van der Waals surface area contributed by atoms with Crippen molar-refractivity contribution in [1.29, 1.82) is 0 Å². The molecule has 2 heteroatoms. The Hall–Kier alpha value is -0.0800. The van der Waals surface area contributed by atoms with Gasteiger partial charge in [-0.15, -0.1) is 0 Å². The first-order chi connectivity index (χ1) is 8.73. The minimum atomic E-state index is 0.635. The molecule has 0 fully saturated rings. The normalized spacial score (nSPS) is 12.9. The summed E-state index contributed by atoms with van der Waals surface area (Å²) in [7, 11) is 0. The number of hydrogen-bond donors (Lipinski definition) is 1. The maximum absolute atomic E-state index is 3.78. The van der Waals surface area contributed by atoms with E-state index in [2.05, 4.69) is 65.6 Å². The highest BCUT2D eigenvalue weighted by Crippen LogP contribution is 2.13. The summed E-state index contributed by atoms with van der Waals surface area (Å²) in [6, 6.07) is 1.95. The SMILES string of the molecule is CC(C)CC(CC(C)C)NCCN(C(C)C)C(C)C. The summed E-state index contributed by atoms with van der Waals surface area (Å²) in [5.41, 5.74) is 0. The molecule has 0 aliphatic carbocycles. The minimum Gasteiger partial charge on any atom is -0.313 e. The second kappa shape index (κ2) is 9.77. The summed E-state index contributed by atoms with van der Waals surface area (Å²) in [5.74, 6) is 1.56. The van der Waals surface area contributed by atoms with Crippen LogP contribution >= 0.6 is 0 Å². The van der Waals surface area contributed by atoms with Crippen LogP contribution in [0.1, 0.15) is 68.2 Å². The maximum Gasteiger partial charge on any atom is 0.0112 e. The highest BCUT2D eigenvalue weighted by atomic mass is 15.2. The van der Waals surface area contributed by atoms with Gasteiger partial charge < -0.3 is 5.32 Å². The zero-order valence-corrected chi connectivity index (χ0v) is 14.7. The molecule has 0 aliphatic heterocycles. The van der Waals surface area contributed by atoms with E-state index in [1.165, 1.54) is 12.8 Å². The molecule has 0 rings (SSSR count). The fourth-order valence-electron chi connectivity index (χ4n) is 2.91. The van der Waals surface area contributed by atoms with Crippen molar-refractivity contribution in [3.05, 3.63) is 0 Å². The van der Waals surface area contributed by atoms with Crippen molar-refractivity contribution >= 4 is 0 Å². The van der Waals surface area contributed by atoms with Gasteiger partial charge in [0, 0.05) is 31.2 Å². The van der Waals surface area contributed by atoms with Gasteiger partial charge in [-0.05, 0) is 52.4 Å². The highest BCUT2D eigenvalue weighted by molar-refractivity contribution is 4.73. The van der Waals surface area contributed by atoms with E-state index >= 15 is 0 Å². The third-order valence-corrected chi connectivity index (χ3v) is 3.64. The van der Waals surface area contributed by atoms with Gasteiger partial charge in [-0.1, -0.05) is 27.7 Å². The molecule has 0 amide bonds. The molecule has 0 radical (unpaired) electrons. The van der Waals surface area contributed by atoms with Crippen LogP contribution in [0.15, 0.2) is 0 Å². The molecule has 0 aromatic rings. The van der Waals surface area contributed by atoms with Crippen molar-refractivity contribution < 1.29 is 0 Å². The molecule has 0 spiro atoms. The molecule has 0 aromatic heterocycles. The zero-order valence-electron chi connectivity index (χ0n) is 14.7. The van der Waals surface area contributed by atoms with Crippen LogP contribution in [-0.2, 0) is 0 Å². The van der Waals surface area contributed by atoms with Crippen LogP contribution in [0.25, 0.3) is 0 Å². The van der Waals surface area contributed by atoms with Gasteiger partial charge in [-0.3, -0.25) is 4.90 Å². The molecule has 0 saturated carbocycles. The van der Waals surface area contributed by atoms with Gasteiger partial charge in [0.05, 0.1) is 0 Å². The predicted molar refractivity (Wildman–Crippen MR) is 87.7 cm³/mol. The van der Waals surface area contributed by atoms with E-state index in [0.29, 0.717) is 18.1 Å². The first-order valence-electron chi connectivity index (χ1n) is 8.23. The van der Waals surface area contributed by atoms with Gasteiger partial charge in [0.15, 0.2) is 0 Å². The number of hydrogen-bond acceptors (Lipinski definition) is 2. The van der Waals surface area contributed by atoms with Crippen LogP contribution in [0.3, 0.4) is 0 Å². The van der Waals surface area contributed by atoms with E-state index in [1.807, 2.05) is 0 Å². The summed E-state index contributed by atoms with van der Waals surface area (Å²) in [5, 5.41) is 3.78. The fraction of sp³-hybridized carbons (Fsp3) is 1.00. The van der Waals surface area contributed by atoms with Gasteiger partial charge in [0.1, 0.15) is 0 Å². The molecule has 0 aliphatic rings. The molecule has 0 aromatic carbocycles. The van der Waals surface area contributed by atoms with E-state index in [0.717, 1.165) is 24.9 Å². The molecule has 0 unspecified atom stereocenters. The molecular formula is C17H38N2. The van der Waals surface area contributed by atoms with E-state index < -0.39 is 0 Å². The van der Waals surface area contributed by atoms with Crippen LogP contribution in [0.4, 0.5) is 0 Å². The lowest BCUT2D eigenvalue weighted by Crippen LogP contribution is -2.43. The first-order valence-corrected chi connectivity index (χ1v) is 8.23. The van der Waals surface area contributed by atoms with Crippen molar-refractivity contribution in [2.75, 3.05) is 13.1 Å². The molecule has 1 N–H and O–H groups in total. The van der Waals surface area contributed by atoms with Gasteiger partial charge in [-0.2, -0.15) is 0 Å². The number of rotatable bonds is 10. The largest absolute Gasteiger partial charge is 0.313 e. The number of nitrogens with one attached hydrogen (secondary N) is 1. The molecule has 0 atom stereocenters. The lowest BCUT2D eigenvalue weighted by atomic mass is 9.95. The minimum absolute atomic E-state index is 0.635. The maximum atomic E-state index is 3.78. The summed E-state index contributed by atoms with van der Waals surface area (Å²) >= 11 is 0. The lowest BCUT2D eigenvalue weighted by Gasteiger charge is -2.31. The Morgan fingerprint density at radius 1 is 0.737 bits per heavy atom. The zero-order chi connectivity index (χ0) is 15.0. The van der Waals surface area contributed by atoms with Gasteiger partial charge in [0.25, 0.3) is 0 Å². The van der Waals surface area contributed by atoms with Crippen molar-refractivity contribution in [1.82, 2.24) is 10.2 Å². The Balaban J connectivity index is 4.15. The monoisotopic (exact) mass is 270 g/mol. The van der Waals surface area contributed by atoms with Crippen molar-refractivity contribution in [2.45, 2.75) is 86.4 Å². The standard InChI is InChI=1S/C17H38N2/c1-13(2)11-17(12-14(3)4)18-9-10-19(15(5)6)16(7)8/h13-18H,9-12H2,1-8H3. The van der Waals surface area contributed by atoms with E-state index in [1.54, 1.807) is 0 Å². The Morgan fingerprint density at radius 3 is 1.47 bits per heavy atom. The van der Waals surface area contributed by atoms with Gasteiger partial charge in [0.2, 0.25) is 0 Å². The lowest BCUT2D eigenvalue weighted by molar-refractivity contribution is 0.171.